The Morgan fingerprint density at radius 3 is 1.77 bits per heavy atom. The molecule has 9 rings (SSSR count). The number of allylic oxidation sites excluding steroid dienone is 2. The quantitative estimate of drug-likeness (QED) is 0.0628. The first kappa shape index (κ1) is 61.8. The third-order valence-electron chi connectivity index (χ3n) is 22.0. The maximum atomic E-state index is 12.6. The highest BCUT2D eigenvalue weighted by Crippen LogP contribution is 2.76. The Bertz CT molecular complexity index is 2190. The summed E-state index contributed by atoms with van der Waals surface area (Å²) in [6.07, 6.45) is -31.2. The fourth-order valence-corrected chi connectivity index (χ4v) is 16.6. The molecule has 0 amide bonds. The summed E-state index contributed by atoms with van der Waals surface area (Å²) in [4.78, 5) is 12.6. The molecule has 5 aliphatic carbocycles. The first-order chi connectivity index (χ1) is 36.9. The number of hydrogen-bond acceptors (Lipinski definition) is 24. The third-order valence-corrected chi connectivity index (χ3v) is 22.0. The molecule has 4 heterocycles. The van der Waals surface area contributed by atoms with Crippen LogP contribution in [0.15, 0.2) is 11.6 Å². The zero-order chi connectivity index (χ0) is 58.0. The van der Waals surface area contributed by atoms with Crippen molar-refractivity contribution in [1.82, 2.24) is 0 Å². The van der Waals surface area contributed by atoms with Crippen molar-refractivity contribution in [2.75, 3.05) is 26.4 Å². The first-order valence-electron chi connectivity index (χ1n) is 28.1. The number of carboxylic acid groups (broad SMARTS) is 1. The minimum absolute atomic E-state index is 0.0414. The van der Waals surface area contributed by atoms with Crippen molar-refractivity contribution in [3.05, 3.63) is 11.6 Å². The van der Waals surface area contributed by atoms with Crippen LogP contribution in [0.2, 0.25) is 0 Å². The number of aliphatic hydroxyl groups is 15. The van der Waals surface area contributed by atoms with Crippen molar-refractivity contribution in [3.8, 4) is 0 Å². The number of aliphatic hydroxyl groups excluding tert-OH is 15. The molecule has 16 N–H and O–H groups in total. The highest BCUT2D eigenvalue weighted by atomic mass is 16.8. The predicted molar refractivity (Wildman–Crippen MR) is 266 cm³/mol. The van der Waals surface area contributed by atoms with Crippen LogP contribution < -0.4 is 0 Å². The van der Waals surface area contributed by atoms with E-state index < -0.39 is 194 Å². The van der Waals surface area contributed by atoms with E-state index in [1.807, 2.05) is 13.8 Å². The van der Waals surface area contributed by atoms with Crippen molar-refractivity contribution in [2.24, 2.45) is 50.2 Å². The number of aliphatic carboxylic acids is 1. The van der Waals surface area contributed by atoms with Gasteiger partial charge in [-0.1, -0.05) is 53.2 Å². The van der Waals surface area contributed by atoms with Gasteiger partial charge in [0.15, 0.2) is 31.3 Å². The lowest BCUT2D eigenvalue weighted by Gasteiger charge is -2.72. The molecule has 32 atom stereocenters. The number of ether oxygens (including phenoxy) is 8. The molecule has 4 aliphatic heterocycles. The van der Waals surface area contributed by atoms with Gasteiger partial charge in [-0.25, -0.2) is 4.79 Å². The Labute approximate surface area is 458 Å². The number of fused-ring (bicyclic) bond motifs is 7. The Hall–Kier alpha value is -1.71. The Kier molecular flexibility index (Phi) is 17.4. The lowest BCUT2D eigenvalue weighted by molar-refractivity contribution is -0.396. The number of carboxylic acids is 1. The first-order valence-corrected chi connectivity index (χ1v) is 28.1. The van der Waals surface area contributed by atoms with Crippen LogP contribution in [-0.4, -0.2) is 255 Å². The van der Waals surface area contributed by atoms with Crippen molar-refractivity contribution in [1.29, 1.82) is 0 Å². The second-order valence-electron chi connectivity index (χ2n) is 26.3. The molecular formula is C54H88O25. The van der Waals surface area contributed by atoms with E-state index in [1.165, 1.54) is 12.5 Å². The molecule has 0 aromatic heterocycles. The van der Waals surface area contributed by atoms with E-state index in [9.17, 15) is 86.5 Å². The fraction of sp³-hybridized carbons (Fsp3) is 0.944. The van der Waals surface area contributed by atoms with Gasteiger partial charge >= 0.3 is 5.97 Å². The highest BCUT2D eigenvalue weighted by Gasteiger charge is 2.71. The van der Waals surface area contributed by atoms with Gasteiger partial charge in [-0.3, -0.25) is 0 Å². The molecule has 25 nitrogen and oxygen atoms in total. The van der Waals surface area contributed by atoms with E-state index in [1.54, 1.807) is 6.92 Å². The summed E-state index contributed by atoms with van der Waals surface area (Å²) >= 11 is 0. The smallest absolute Gasteiger partial charge is 0.335 e. The maximum Gasteiger partial charge on any atom is 0.335 e. The SMILES string of the molecule is C[C@@H]1O[C@@H](O[C@H]2[C@H](O[C@H]3[C@H](O[C@H]4CC[C@@]5(C)[C@@H](CC[C@]6(C)[C@@H]5CC=C5[C@@H]7C[C@@](C)(CO[C@@H]8O[C@H](CO)[C@@H](O)[C@H](O)[C@H]8O)[C@@H](O)[C@@H](O)[C@]7(C)CC[C@]56C)[C@@]4(C)CO)O[C@H](C(=O)O)[C@@H](O)[C@@H]3O)O[C@H](CO)[C@H](O)[C@@H]2O)[C@H](O)[C@H](O)[C@H]1O. The average molecular weight is 1140 g/mol. The Morgan fingerprint density at radius 2 is 1.15 bits per heavy atom. The van der Waals surface area contributed by atoms with Crippen molar-refractivity contribution in [3.63, 3.8) is 0 Å². The summed E-state index contributed by atoms with van der Waals surface area (Å²) in [6, 6.07) is 0. The highest BCUT2D eigenvalue weighted by molar-refractivity contribution is 5.73. The van der Waals surface area contributed by atoms with Crippen LogP contribution in [0, 0.1) is 50.2 Å². The zero-order valence-corrected chi connectivity index (χ0v) is 45.9. The molecule has 25 heteroatoms. The summed E-state index contributed by atoms with van der Waals surface area (Å²) in [5, 5.41) is 174. The molecule has 9 aliphatic rings. The number of carbonyl (C=O) groups is 1. The standard InChI is InChI=1S/C54H88O25/c1-21-29(58)32(61)38(67)46(73-21)78-40-34(63)31(60)25(18-56)75-47(40)79-41-36(65)35(64)39(44(70)71)77-48(41)76-28-11-12-51(4)26(52(28,5)19-57)10-13-54(7)27(51)9-8-22-23-16-49(2,42(68)43(69)50(23,3)14-15-53(22,54)6)20-72-45-37(66)33(62)30(59)24(17-55)74-45/h8,21,23-43,45-48,55-69H,9-20H2,1-7H3,(H,70,71)/t21-,23-,24+,25+,26+,27+,28-,29-,30+,31-,32+,33-,34-,35-,36-,37+,38+,39-,40+,41+,42-,43+,45+,46-,47-,48+,49-,50+,51-,52+,53+,54+/m0/s1. The summed E-state index contributed by atoms with van der Waals surface area (Å²) in [7, 11) is 0. The molecule has 0 bridgehead atoms. The molecule has 0 aromatic rings. The molecule has 8 fully saturated rings. The largest absolute Gasteiger partial charge is 0.479 e. The summed E-state index contributed by atoms with van der Waals surface area (Å²) in [5.41, 5.74) is -2.89. The van der Waals surface area contributed by atoms with Crippen molar-refractivity contribution < 1.29 is 124 Å². The van der Waals surface area contributed by atoms with Gasteiger partial charge in [0.05, 0.1) is 50.8 Å². The van der Waals surface area contributed by atoms with Gasteiger partial charge < -0.3 is 120 Å². The van der Waals surface area contributed by atoms with Gasteiger partial charge in [-0.05, 0) is 92.3 Å². The minimum Gasteiger partial charge on any atom is -0.479 e. The van der Waals surface area contributed by atoms with E-state index in [4.69, 9.17) is 37.9 Å². The summed E-state index contributed by atoms with van der Waals surface area (Å²) in [6.45, 7) is 11.8. The lowest BCUT2D eigenvalue weighted by atomic mass is 9.33. The third kappa shape index (κ3) is 9.80. The van der Waals surface area contributed by atoms with Gasteiger partial charge in [0.25, 0.3) is 0 Å². The predicted octanol–water partition coefficient (Wildman–Crippen LogP) is -3.53. The second-order valence-corrected chi connectivity index (χ2v) is 26.3. The van der Waals surface area contributed by atoms with Crippen LogP contribution in [0.4, 0.5) is 0 Å². The normalized spacial score (nSPS) is 56.8. The summed E-state index contributed by atoms with van der Waals surface area (Å²) < 4.78 is 47.9. The van der Waals surface area contributed by atoms with Gasteiger partial charge in [-0.15, -0.1) is 0 Å². The maximum absolute atomic E-state index is 12.6. The molecular weight excluding hydrogens is 1050 g/mol. The molecule has 0 radical (unpaired) electrons. The number of hydrogen-bond donors (Lipinski definition) is 16. The Balaban J connectivity index is 0.970. The van der Waals surface area contributed by atoms with Gasteiger partial charge in [0.2, 0.25) is 0 Å². The molecule has 454 valence electrons. The van der Waals surface area contributed by atoms with Crippen LogP contribution in [0.5, 0.6) is 0 Å². The topological polar surface area (TPSA) is 415 Å². The summed E-state index contributed by atoms with van der Waals surface area (Å²) in [5.74, 6) is -2.06. The van der Waals surface area contributed by atoms with Crippen LogP contribution in [0.25, 0.3) is 0 Å². The van der Waals surface area contributed by atoms with E-state index in [2.05, 4.69) is 26.8 Å². The Morgan fingerprint density at radius 1 is 0.582 bits per heavy atom. The van der Waals surface area contributed by atoms with Crippen LogP contribution in [0.1, 0.15) is 99.8 Å². The van der Waals surface area contributed by atoms with Crippen LogP contribution in [0.3, 0.4) is 0 Å². The molecule has 79 heavy (non-hydrogen) atoms. The molecule has 4 saturated carbocycles. The van der Waals surface area contributed by atoms with E-state index in [0.717, 1.165) is 0 Å². The monoisotopic (exact) mass is 1140 g/mol. The molecule has 0 aromatic carbocycles. The average Bonchev–Trinajstić information content (AvgIpc) is 3.45. The van der Waals surface area contributed by atoms with Gasteiger partial charge in [0.1, 0.15) is 85.5 Å². The van der Waals surface area contributed by atoms with Crippen LogP contribution in [-0.2, 0) is 42.7 Å². The lowest BCUT2D eigenvalue weighted by Crippen LogP contribution is -2.69. The van der Waals surface area contributed by atoms with Crippen molar-refractivity contribution in [2.45, 2.75) is 241 Å². The molecule has 0 unspecified atom stereocenters. The fourth-order valence-electron chi connectivity index (χ4n) is 16.6. The minimum atomic E-state index is -2.13. The molecule has 0 spiro atoms. The van der Waals surface area contributed by atoms with E-state index >= 15 is 0 Å². The van der Waals surface area contributed by atoms with Gasteiger partial charge in [-0.2, -0.15) is 0 Å². The van der Waals surface area contributed by atoms with E-state index in [0.29, 0.717) is 44.9 Å². The number of rotatable bonds is 13. The van der Waals surface area contributed by atoms with E-state index in [-0.39, 0.29) is 36.2 Å². The second kappa shape index (κ2) is 22.3. The molecule has 4 saturated heterocycles. The van der Waals surface area contributed by atoms with Gasteiger partial charge in [0, 0.05) is 16.2 Å². The van der Waals surface area contributed by atoms with Crippen molar-refractivity contribution >= 4 is 5.97 Å². The van der Waals surface area contributed by atoms with Crippen LogP contribution >= 0.6 is 0 Å². The zero-order valence-electron chi connectivity index (χ0n) is 45.9.